The minimum absolute atomic E-state index is 1.25. The fraction of sp³-hybridized carbons (Fsp3) is 0. The van der Waals surface area contributed by atoms with Gasteiger partial charge in [-0.25, -0.2) is 0 Å². The Labute approximate surface area is 181 Å². The van der Waals surface area contributed by atoms with Gasteiger partial charge < -0.3 is 0 Å². The van der Waals surface area contributed by atoms with Crippen LogP contribution in [0, 0.1) is 7.14 Å². The first kappa shape index (κ1) is 17.7. The van der Waals surface area contributed by atoms with Crippen LogP contribution in [-0.4, -0.2) is 0 Å². The van der Waals surface area contributed by atoms with Crippen LogP contribution in [0.1, 0.15) is 0 Å². The molecule has 0 atom stereocenters. The molecule has 4 rings (SSSR count). The third kappa shape index (κ3) is 3.71. The summed E-state index contributed by atoms with van der Waals surface area (Å²) in [5.41, 5.74) is 7.57. The quantitative estimate of drug-likeness (QED) is 0.225. The summed E-state index contributed by atoms with van der Waals surface area (Å²) in [4.78, 5) is 0. The average molecular weight is 558 g/mol. The first-order chi connectivity index (χ1) is 12.7. The molecule has 0 amide bonds. The second-order valence-corrected chi connectivity index (χ2v) is 8.45. The van der Waals surface area contributed by atoms with Crippen molar-refractivity contribution in [3.8, 4) is 33.4 Å². The number of benzene rings is 4. The maximum atomic E-state index is 2.42. The van der Waals surface area contributed by atoms with E-state index in [2.05, 4.69) is 142 Å². The fourth-order valence-corrected chi connectivity index (χ4v) is 4.38. The highest BCUT2D eigenvalue weighted by molar-refractivity contribution is 14.1. The summed E-state index contributed by atoms with van der Waals surface area (Å²) in [7, 11) is 0. The molecule has 0 saturated heterocycles. The predicted molar refractivity (Wildman–Crippen MR) is 128 cm³/mol. The van der Waals surface area contributed by atoms with Crippen molar-refractivity contribution in [1.29, 1.82) is 0 Å². The van der Waals surface area contributed by atoms with Crippen molar-refractivity contribution >= 4 is 45.2 Å². The van der Waals surface area contributed by atoms with Crippen molar-refractivity contribution in [2.24, 2.45) is 0 Å². The van der Waals surface area contributed by atoms with E-state index in [-0.39, 0.29) is 0 Å². The van der Waals surface area contributed by atoms with Crippen LogP contribution in [0.5, 0.6) is 0 Å². The van der Waals surface area contributed by atoms with Gasteiger partial charge in [-0.2, -0.15) is 0 Å². The van der Waals surface area contributed by atoms with E-state index in [1.54, 1.807) is 0 Å². The van der Waals surface area contributed by atoms with Crippen molar-refractivity contribution in [3.05, 3.63) is 104 Å². The topological polar surface area (TPSA) is 0 Å². The molecule has 0 aliphatic rings. The highest BCUT2D eigenvalue weighted by Gasteiger charge is 2.09. The third-order valence-corrected chi connectivity index (χ3v) is 6.32. The molecule has 26 heavy (non-hydrogen) atoms. The van der Waals surface area contributed by atoms with E-state index < -0.39 is 0 Å². The van der Waals surface area contributed by atoms with Crippen LogP contribution in [0.15, 0.2) is 97.1 Å². The van der Waals surface area contributed by atoms with E-state index >= 15 is 0 Å². The fourth-order valence-electron chi connectivity index (χ4n) is 3.09. The van der Waals surface area contributed by atoms with Gasteiger partial charge in [0.15, 0.2) is 0 Å². The van der Waals surface area contributed by atoms with Gasteiger partial charge in [0.25, 0.3) is 0 Å². The van der Waals surface area contributed by atoms with Crippen molar-refractivity contribution in [1.82, 2.24) is 0 Å². The number of hydrogen-bond donors (Lipinski definition) is 0. The van der Waals surface area contributed by atoms with E-state index in [0.717, 1.165) is 0 Å². The normalized spacial score (nSPS) is 10.7. The molecular formula is C24H16I2. The summed E-state index contributed by atoms with van der Waals surface area (Å²) < 4.78 is 2.54. The van der Waals surface area contributed by atoms with Crippen molar-refractivity contribution < 1.29 is 0 Å². The zero-order valence-corrected chi connectivity index (χ0v) is 18.3. The molecular weight excluding hydrogens is 542 g/mol. The van der Waals surface area contributed by atoms with E-state index in [1.165, 1.54) is 40.5 Å². The van der Waals surface area contributed by atoms with Crippen LogP contribution in [-0.2, 0) is 0 Å². The summed E-state index contributed by atoms with van der Waals surface area (Å²) in [5.74, 6) is 0. The second kappa shape index (κ2) is 7.92. The van der Waals surface area contributed by atoms with E-state index in [4.69, 9.17) is 0 Å². The molecule has 4 aromatic carbocycles. The second-order valence-electron chi connectivity index (χ2n) is 6.12. The standard InChI is InChI=1S/C24H16I2/c25-23-13-11-19(15-21(23)17-7-3-1-4-8-17)20-12-14-24(26)22(16-20)18-9-5-2-6-10-18/h1-16H. The summed E-state index contributed by atoms with van der Waals surface area (Å²) in [5, 5.41) is 0. The molecule has 0 radical (unpaired) electrons. The maximum absolute atomic E-state index is 2.42. The number of halogens is 2. The van der Waals surface area contributed by atoms with Crippen LogP contribution in [0.4, 0.5) is 0 Å². The zero-order valence-electron chi connectivity index (χ0n) is 14.0. The van der Waals surface area contributed by atoms with Gasteiger partial charge in [-0.3, -0.25) is 0 Å². The Hall–Kier alpha value is -1.66. The summed E-state index contributed by atoms with van der Waals surface area (Å²) >= 11 is 4.84. The largest absolute Gasteiger partial charge is 0.0622 e. The van der Waals surface area contributed by atoms with Gasteiger partial charge in [0.1, 0.15) is 0 Å². The van der Waals surface area contributed by atoms with Gasteiger partial charge in [-0.15, -0.1) is 0 Å². The van der Waals surface area contributed by atoms with Crippen LogP contribution in [0.3, 0.4) is 0 Å². The van der Waals surface area contributed by atoms with E-state index in [1.807, 2.05) is 0 Å². The third-order valence-electron chi connectivity index (χ3n) is 4.44. The summed E-state index contributed by atoms with van der Waals surface area (Å²) in [6.07, 6.45) is 0. The Morgan fingerprint density at radius 3 is 1.15 bits per heavy atom. The average Bonchev–Trinajstić information content (AvgIpc) is 2.70. The van der Waals surface area contributed by atoms with Crippen molar-refractivity contribution in [2.75, 3.05) is 0 Å². The molecule has 4 aromatic rings. The number of rotatable bonds is 3. The van der Waals surface area contributed by atoms with E-state index in [9.17, 15) is 0 Å². The molecule has 0 saturated carbocycles. The molecule has 2 heteroatoms. The summed E-state index contributed by atoms with van der Waals surface area (Å²) in [6.45, 7) is 0. The zero-order chi connectivity index (χ0) is 17.9. The molecule has 0 aromatic heterocycles. The van der Waals surface area contributed by atoms with Gasteiger partial charge in [0, 0.05) is 7.14 Å². The molecule has 0 N–H and O–H groups in total. The number of hydrogen-bond acceptors (Lipinski definition) is 0. The Morgan fingerprint density at radius 1 is 0.385 bits per heavy atom. The molecule has 0 aliphatic heterocycles. The molecule has 0 spiro atoms. The lowest BCUT2D eigenvalue weighted by atomic mass is 9.96. The van der Waals surface area contributed by atoms with Crippen molar-refractivity contribution in [3.63, 3.8) is 0 Å². The van der Waals surface area contributed by atoms with Gasteiger partial charge >= 0.3 is 0 Å². The monoisotopic (exact) mass is 558 g/mol. The predicted octanol–water partition coefficient (Wildman–Crippen LogP) is 7.90. The maximum Gasteiger partial charge on any atom is 0.0209 e. The minimum Gasteiger partial charge on any atom is -0.0622 e. The summed E-state index contributed by atoms with van der Waals surface area (Å²) in [6, 6.07) is 34.6. The molecule has 0 bridgehead atoms. The van der Waals surface area contributed by atoms with Gasteiger partial charge in [-0.05, 0) is 103 Å². The molecule has 126 valence electrons. The molecule has 0 nitrogen and oxygen atoms in total. The SMILES string of the molecule is Ic1ccc(-c2ccc(I)c(-c3ccccc3)c2)cc1-c1ccccc1. The Bertz CT molecular complexity index is 951. The molecule has 0 aliphatic carbocycles. The van der Waals surface area contributed by atoms with Gasteiger partial charge in [-0.1, -0.05) is 72.8 Å². The van der Waals surface area contributed by atoms with Crippen LogP contribution in [0.25, 0.3) is 33.4 Å². The molecule has 0 heterocycles. The van der Waals surface area contributed by atoms with Gasteiger partial charge in [0.2, 0.25) is 0 Å². The first-order valence-corrected chi connectivity index (χ1v) is 10.6. The first-order valence-electron chi connectivity index (χ1n) is 8.43. The Balaban J connectivity index is 1.82. The minimum atomic E-state index is 1.25. The van der Waals surface area contributed by atoms with E-state index in [0.29, 0.717) is 0 Å². The lowest BCUT2D eigenvalue weighted by Gasteiger charge is -2.11. The Kier molecular flexibility index (Phi) is 5.41. The molecule has 0 unspecified atom stereocenters. The van der Waals surface area contributed by atoms with Crippen LogP contribution >= 0.6 is 45.2 Å². The van der Waals surface area contributed by atoms with Crippen LogP contribution < -0.4 is 0 Å². The van der Waals surface area contributed by atoms with Crippen molar-refractivity contribution in [2.45, 2.75) is 0 Å². The highest BCUT2D eigenvalue weighted by Crippen LogP contribution is 2.34. The lowest BCUT2D eigenvalue weighted by molar-refractivity contribution is 1.54. The smallest absolute Gasteiger partial charge is 0.0209 e. The van der Waals surface area contributed by atoms with Gasteiger partial charge in [0.05, 0.1) is 0 Å². The molecule has 0 fully saturated rings. The lowest BCUT2D eigenvalue weighted by Crippen LogP contribution is -1.88. The highest BCUT2D eigenvalue weighted by atomic mass is 127. The van der Waals surface area contributed by atoms with Crippen LogP contribution in [0.2, 0.25) is 0 Å². The Morgan fingerprint density at radius 2 is 0.769 bits per heavy atom.